The van der Waals surface area contributed by atoms with Crippen LogP contribution in [-0.2, 0) is 6.54 Å². The van der Waals surface area contributed by atoms with Gasteiger partial charge >= 0.3 is 0 Å². The lowest BCUT2D eigenvalue weighted by molar-refractivity contribution is 0.620. The highest BCUT2D eigenvalue weighted by atomic mass is 35.5. The van der Waals surface area contributed by atoms with Gasteiger partial charge < -0.3 is 15.6 Å². The summed E-state index contributed by atoms with van der Waals surface area (Å²) in [6.07, 6.45) is 1.79. The van der Waals surface area contributed by atoms with E-state index in [0.29, 0.717) is 0 Å². The van der Waals surface area contributed by atoms with Crippen molar-refractivity contribution in [3.05, 3.63) is 23.0 Å². The zero-order valence-corrected chi connectivity index (χ0v) is 8.62. The van der Waals surface area contributed by atoms with Crippen molar-refractivity contribution in [1.82, 2.24) is 15.6 Å². The van der Waals surface area contributed by atoms with Crippen molar-refractivity contribution in [2.75, 3.05) is 19.6 Å². The number of H-pyrrole nitrogens is 1. The first-order chi connectivity index (χ1) is 6.33. The molecule has 0 bridgehead atoms. The van der Waals surface area contributed by atoms with Crippen LogP contribution in [0.4, 0.5) is 0 Å². The molecule has 1 aromatic heterocycles. The largest absolute Gasteiger partial charge is 0.363 e. The fourth-order valence-electron chi connectivity index (χ4n) is 1.09. The molecule has 0 saturated carbocycles. The smallest absolute Gasteiger partial charge is 0.0583 e. The minimum Gasteiger partial charge on any atom is -0.363 e. The van der Waals surface area contributed by atoms with Gasteiger partial charge in [-0.25, -0.2) is 0 Å². The lowest BCUT2D eigenvalue weighted by Gasteiger charge is -2.02. The third kappa shape index (κ3) is 4.31. The van der Waals surface area contributed by atoms with E-state index in [9.17, 15) is 0 Å². The minimum absolute atomic E-state index is 0.767. The first-order valence-corrected chi connectivity index (χ1v) is 4.95. The molecule has 74 valence electrons. The number of rotatable bonds is 6. The second-order valence-corrected chi connectivity index (χ2v) is 3.31. The molecule has 0 unspecified atom stereocenters. The van der Waals surface area contributed by atoms with Gasteiger partial charge in [-0.3, -0.25) is 0 Å². The van der Waals surface area contributed by atoms with Gasteiger partial charge in [-0.2, -0.15) is 0 Å². The summed E-state index contributed by atoms with van der Waals surface area (Å²) in [5.41, 5.74) is 1.13. The van der Waals surface area contributed by atoms with Crippen LogP contribution in [0.5, 0.6) is 0 Å². The van der Waals surface area contributed by atoms with Crippen LogP contribution in [-0.4, -0.2) is 24.6 Å². The third-order valence-electron chi connectivity index (χ3n) is 1.75. The Morgan fingerprint density at radius 1 is 1.38 bits per heavy atom. The van der Waals surface area contributed by atoms with Crippen molar-refractivity contribution >= 4 is 11.6 Å². The predicted octanol–water partition coefficient (Wildman–Crippen LogP) is 1.37. The summed E-state index contributed by atoms with van der Waals surface area (Å²) < 4.78 is 0. The monoisotopic (exact) mass is 201 g/mol. The molecule has 0 radical (unpaired) electrons. The fourth-order valence-corrected chi connectivity index (χ4v) is 1.28. The van der Waals surface area contributed by atoms with Crippen molar-refractivity contribution in [1.29, 1.82) is 0 Å². The van der Waals surface area contributed by atoms with Crippen LogP contribution in [0.2, 0.25) is 5.02 Å². The molecule has 4 heteroatoms. The number of hydrogen-bond acceptors (Lipinski definition) is 2. The van der Waals surface area contributed by atoms with Gasteiger partial charge in [-0.15, -0.1) is 0 Å². The van der Waals surface area contributed by atoms with E-state index in [1.807, 2.05) is 6.07 Å². The molecular formula is C9H16ClN3. The number of aromatic nitrogens is 1. The lowest BCUT2D eigenvalue weighted by Crippen LogP contribution is -2.26. The van der Waals surface area contributed by atoms with Crippen LogP contribution >= 0.6 is 11.6 Å². The minimum atomic E-state index is 0.767. The average molecular weight is 202 g/mol. The lowest BCUT2D eigenvalue weighted by atomic mass is 10.4. The van der Waals surface area contributed by atoms with E-state index in [-0.39, 0.29) is 0 Å². The summed E-state index contributed by atoms with van der Waals surface area (Å²) in [7, 11) is 0. The zero-order valence-electron chi connectivity index (χ0n) is 7.86. The Balaban J connectivity index is 2.06. The summed E-state index contributed by atoms with van der Waals surface area (Å²) >= 11 is 5.75. The zero-order chi connectivity index (χ0) is 9.52. The summed E-state index contributed by atoms with van der Waals surface area (Å²) in [6.45, 7) is 5.95. The van der Waals surface area contributed by atoms with E-state index < -0.39 is 0 Å². The van der Waals surface area contributed by atoms with Gasteiger partial charge in [0.2, 0.25) is 0 Å². The Kier molecular flexibility index (Phi) is 4.90. The molecule has 3 N–H and O–H groups in total. The predicted molar refractivity (Wildman–Crippen MR) is 56.1 cm³/mol. The van der Waals surface area contributed by atoms with E-state index >= 15 is 0 Å². The van der Waals surface area contributed by atoms with E-state index in [1.54, 1.807) is 6.20 Å². The van der Waals surface area contributed by atoms with Gasteiger partial charge in [-0.05, 0) is 12.6 Å². The highest BCUT2D eigenvalue weighted by molar-refractivity contribution is 6.30. The topological polar surface area (TPSA) is 39.8 Å². The van der Waals surface area contributed by atoms with Crippen LogP contribution in [0.1, 0.15) is 12.6 Å². The molecule has 1 heterocycles. The van der Waals surface area contributed by atoms with Crippen molar-refractivity contribution in [3.8, 4) is 0 Å². The molecule has 1 aromatic rings. The van der Waals surface area contributed by atoms with Gasteiger partial charge in [0.05, 0.1) is 5.02 Å². The fraction of sp³-hybridized carbons (Fsp3) is 0.556. The maximum atomic E-state index is 5.75. The SMILES string of the molecule is CCNCCNCc1cc(Cl)c[nH]1. The third-order valence-corrected chi connectivity index (χ3v) is 1.97. The normalized spacial score (nSPS) is 10.6. The summed E-state index contributed by atoms with van der Waals surface area (Å²) in [5, 5.41) is 7.31. The number of nitrogens with one attached hydrogen (secondary N) is 3. The second kappa shape index (κ2) is 6.02. The quantitative estimate of drug-likeness (QED) is 0.609. The van der Waals surface area contributed by atoms with Crippen LogP contribution in [0.15, 0.2) is 12.3 Å². The van der Waals surface area contributed by atoms with Crippen LogP contribution in [0.25, 0.3) is 0 Å². The molecule has 0 aliphatic carbocycles. The van der Waals surface area contributed by atoms with Gasteiger partial charge in [0.1, 0.15) is 0 Å². The van der Waals surface area contributed by atoms with Crippen LogP contribution < -0.4 is 10.6 Å². The molecule has 0 aliphatic rings. The molecule has 0 atom stereocenters. The first-order valence-electron chi connectivity index (χ1n) is 4.57. The number of aromatic amines is 1. The Hall–Kier alpha value is -0.510. The molecule has 1 rings (SSSR count). The highest BCUT2D eigenvalue weighted by Gasteiger charge is 1.94. The van der Waals surface area contributed by atoms with Gasteiger partial charge in [0.25, 0.3) is 0 Å². The Labute approximate surface area is 83.9 Å². The Morgan fingerprint density at radius 3 is 2.77 bits per heavy atom. The molecule has 0 spiro atoms. The highest BCUT2D eigenvalue weighted by Crippen LogP contribution is 2.08. The Morgan fingerprint density at radius 2 is 2.15 bits per heavy atom. The number of hydrogen-bond donors (Lipinski definition) is 3. The molecule has 0 aromatic carbocycles. The van der Waals surface area contributed by atoms with Gasteiger partial charge in [0.15, 0.2) is 0 Å². The van der Waals surface area contributed by atoms with Gasteiger partial charge in [-0.1, -0.05) is 18.5 Å². The van der Waals surface area contributed by atoms with Crippen molar-refractivity contribution in [2.45, 2.75) is 13.5 Å². The molecule has 13 heavy (non-hydrogen) atoms. The van der Waals surface area contributed by atoms with E-state index in [1.165, 1.54) is 0 Å². The average Bonchev–Trinajstić information content (AvgIpc) is 2.51. The number of halogens is 1. The standard InChI is InChI=1S/C9H16ClN3/c1-2-11-3-4-12-7-9-5-8(10)6-13-9/h5-6,11-13H,2-4,7H2,1H3. The molecule has 0 aliphatic heterocycles. The van der Waals surface area contributed by atoms with E-state index in [4.69, 9.17) is 11.6 Å². The van der Waals surface area contributed by atoms with E-state index in [0.717, 1.165) is 36.9 Å². The Bertz CT molecular complexity index is 235. The molecule has 3 nitrogen and oxygen atoms in total. The second-order valence-electron chi connectivity index (χ2n) is 2.87. The molecule has 0 saturated heterocycles. The van der Waals surface area contributed by atoms with Crippen molar-refractivity contribution in [2.24, 2.45) is 0 Å². The van der Waals surface area contributed by atoms with Crippen molar-refractivity contribution in [3.63, 3.8) is 0 Å². The maximum Gasteiger partial charge on any atom is 0.0583 e. The van der Waals surface area contributed by atoms with Crippen molar-refractivity contribution < 1.29 is 0 Å². The van der Waals surface area contributed by atoms with Gasteiger partial charge in [0, 0.05) is 31.5 Å². The number of likely N-dealkylation sites (N-methyl/N-ethyl adjacent to an activating group) is 1. The summed E-state index contributed by atoms with van der Waals surface area (Å²) in [5.74, 6) is 0. The molecular weight excluding hydrogens is 186 g/mol. The molecule has 0 amide bonds. The molecule has 0 fully saturated rings. The summed E-state index contributed by atoms with van der Waals surface area (Å²) in [6, 6.07) is 1.93. The van der Waals surface area contributed by atoms with Crippen LogP contribution in [0.3, 0.4) is 0 Å². The maximum absolute atomic E-state index is 5.75. The van der Waals surface area contributed by atoms with E-state index in [2.05, 4.69) is 22.5 Å². The first kappa shape index (κ1) is 10.6. The summed E-state index contributed by atoms with van der Waals surface area (Å²) in [4.78, 5) is 3.08. The van der Waals surface area contributed by atoms with Crippen LogP contribution in [0, 0.1) is 0 Å².